The molecule has 0 saturated heterocycles. The molecular formula is C8H13N3OS. The molecule has 13 heavy (non-hydrogen) atoms. The summed E-state index contributed by atoms with van der Waals surface area (Å²) in [4.78, 5) is 4.28. The number of thiazole rings is 1. The van der Waals surface area contributed by atoms with Gasteiger partial charge >= 0.3 is 0 Å². The van der Waals surface area contributed by atoms with E-state index in [0.717, 1.165) is 10.8 Å². The zero-order valence-corrected chi connectivity index (χ0v) is 8.05. The van der Waals surface area contributed by atoms with Crippen molar-refractivity contribution in [2.24, 2.45) is 5.73 Å². The van der Waals surface area contributed by atoms with Gasteiger partial charge in [-0.15, -0.1) is 11.3 Å². The quantitative estimate of drug-likeness (QED) is 0.668. The molecular weight excluding hydrogens is 186 g/mol. The number of nitrogens with zero attached hydrogens (tertiary/aromatic N) is 1. The van der Waals surface area contributed by atoms with Gasteiger partial charge in [0.25, 0.3) is 0 Å². The van der Waals surface area contributed by atoms with Crippen molar-refractivity contribution < 1.29 is 5.11 Å². The number of hydrogen-bond donors (Lipinski definition) is 3. The van der Waals surface area contributed by atoms with Crippen LogP contribution < -0.4 is 11.1 Å². The molecule has 1 saturated carbocycles. The van der Waals surface area contributed by atoms with E-state index >= 15 is 0 Å². The maximum atomic E-state index is 8.81. The Hall–Kier alpha value is -0.650. The van der Waals surface area contributed by atoms with E-state index in [0.29, 0.717) is 6.04 Å². The van der Waals surface area contributed by atoms with E-state index in [9.17, 15) is 0 Å². The zero-order chi connectivity index (χ0) is 9.26. The number of hydrogen-bond acceptors (Lipinski definition) is 5. The topological polar surface area (TPSA) is 71.2 Å². The Morgan fingerprint density at radius 3 is 3.15 bits per heavy atom. The maximum absolute atomic E-state index is 8.81. The van der Waals surface area contributed by atoms with Crippen molar-refractivity contribution in [3.63, 3.8) is 0 Å². The lowest BCUT2D eigenvalue weighted by Gasteiger charge is -2.02. The summed E-state index contributed by atoms with van der Waals surface area (Å²) >= 11 is 1.55. The first-order valence-corrected chi connectivity index (χ1v) is 5.26. The molecule has 0 aliphatic heterocycles. The van der Waals surface area contributed by atoms with Crippen LogP contribution in [0.2, 0.25) is 0 Å². The van der Waals surface area contributed by atoms with Gasteiger partial charge in [0.05, 0.1) is 18.3 Å². The van der Waals surface area contributed by atoms with E-state index < -0.39 is 0 Å². The van der Waals surface area contributed by atoms with Crippen LogP contribution in [0.5, 0.6) is 0 Å². The first-order valence-electron chi connectivity index (χ1n) is 4.38. The maximum Gasteiger partial charge on any atom is 0.183 e. The molecule has 1 aliphatic carbocycles. The number of aliphatic hydroxyl groups excluding tert-OH is 1. The molecule has 0 radical (unpaired) electrons. The van der Waals surface area contributed by atoms with Gasteiger partial charge in [0.2, 0.25) is 0 Å². The van der Waals surface area contributed by atoms with E-state index in [4.69, 9.17) is 10.8 Å². The van der Waals surface area contributed by atoms with Crippen LogP contribution in [0.4, 0.5) is 5.13 Å². The smallest absolute Gasteiger partial charge is 0.183 e. The number of rotatable bonds is 4. The van der Waals surface area contributed by atoms with Crippen LogP contribution in [-0.4, -0.2) is 22.7 Å². The Morgan fingerprint density at radius 1 is 1.77 bits per heavy atom. The Labute approximate surface area is 80.8 Å². The average Bonchev–Trinajstić information content (AvgIpc) is 2.81. The first-order chi connectivity index (χ1) is 6.29. The molecule has 4 N–H and O–H groups in total. The molecule has 0 bridgehead atoms. The van der Waals surface area contributed by atoms with Crippen molar-refractivity contribution in [3.05, 3.63) is 11.1 Å². The fourth-order valence-corrected chi connectivity index (χ4v) is 1.87. The van der Waals surface area contributed by atoms with Gasteiger partial charge in [0.1, 0.15) is 0 Å². The molecule has 5 heteroatoms. The summed E-state index contributed by atoms with van der Waals surface area (Å²) in [5, 5.41) is 14.9. The fraction of sp³-hybridized carbons (Fsp3) is 0.625. The van der Waals surface area contributed by atoms with Gasteiger partial charge in [-0.1, -0.05) is 0 Å². The molecule has 1 aromatic heterocycles. The summed E-state index contributed by atoms with van der Waals surface area (Å²) in [7, 11) is 0. The minimum absolute atomic E-state index is 0.0490. The second-order valence-corrected chi connectivity index (χ2v) is 4.14. The van der Waals surface area contributed by atoms with Gasteiger partial charge in [-0.05, 0) is 12.8 Å². The normalized spacial score (nSPS) is 18.6. The van der Waals surface area contributed by atoms with Crippen LogP contribution in [0.25, 0.3) is 0 Å². The lowest BCUT2D eigenvalue weighted by molar-refractivity contribution is 0.266. The highest BCUT2D eigenvalue weighted by atomic mass is 32.1. The largest absolute Gasteiger partial charge is 0.394 e. The van der Waals surface area contributed by atoms with Crippen LogP contribution in [0.1, 0.15) is 24.6 Å². The molecule has 72 valence electrons. The van der Waals surface area contributed by atoms with Gasteiger partial charge < -0.3 is 16.2 Å². The van der Waals surface area contributed by atoms with E-state index in [1.165, 1.54) is 12.8 Å². The molecule has 1 atom stereocenters. The molecule has 1 aliphatic rings. The predicted molar refractivity (Wildman–Crippen MR) is 52.8 cm³/mol. The molecule has 1 aromatic rings. The molecule has 1 fully saturated rings. The minimum atomic E-state index is -0.342. The average molecular weight is 199 g/mol. The first kappa shape index (κ1) is 8.93. The summed E-state index contributed by atoms with van der Waals surface area (Å²) in [6.45, 7) is -0.0490. The van der Waals surface area contributed by atoms with Crippen LogP contribution in [0.15, 0.2) is 5.38 Å². The van der Waals surface area contributed by atoms with Crippen LogP contribution in [0.3, 0.4) is 0 Å². The molecule has 4 nitrogen and oxygen atoms in total. The van der Waals surface area contributed by atoms with Crippen LogP contribution >= 0.6 is 11.3 Å². The third kappa shape index (κ3) is 2.18. The molecule has 0 spiro atoms. The lowest BCUT2D eigenvalue weighted by atomic mass is 10.3. The number of anilines is 1. The predicted octanol–water partition coefficient (Wildman–Crippen LogP) is 0.709. The number of nitrogens with one attached hydrogen (secondary N) is 1. The lowest BCUT2D eigenvalue weighted by Crippen LogP contribution is -2.14. The Bertz CT molecular complexity index is 285. The van der Waals surface area contributed by atoms with Gasteiger partial charge in [0, 0.05) is 11.4 Å². The Morgan fingerprint density at radius 2 is 2.54 bits per heavy atom. The summed E-state index contributed by atoms with van der Waals surface area (Å²) in [5.41, 5.74) is 6.39. The van der Waals surface area contributed by atoms with E-state index in [2.05, 4.69) is 10.3 Å². The number of nitrogens with two attached hydrogens (primary N) is 1. The summed E-state index contributed by atoms with van der Waals surface area (Å²) in [6.07, 6.45) is 2.47. The molecule has 0 aromatic carbocycles. The second kappa shape index (κ2) is 3.61. The number of aromatic nitrogens is 1. The highest BCUT2D eigenvalue weighted by Crippen LogP contribution is 2.27. The summed E-state index contributed by atoms with van der Waals surface area (Å²) in [5.74, 6) is 0. The van der Waals surface area contributed by atoms with Gasteiger partial charge in [-0.3, -0.25) is 0 Å². The van der Waals surface area contributed by atoms with E-state index in [-0.39, 0.29) is 12.6 Å². The highest BCUT2D eigenvalue weighted by Gasteiger charge is 2.22. The zero-order valence-electron chi connectivity index (χ0n) is 7.23. The van der Waals surface area contributed by atoms with Crippen molar-refractivity contribution in [1.82, 2.24) is 4.98 Å². The minimum Gasteiger partial charge on any atom is -0.394 e. The fourth-order valence-electron chi connectivity index (χ4n) is 1.02. The molecule has 1 unspecified atom stereocenters. The van der Waals surface area contributed by atoms with Crippen LogP contribution in [0, 0.1) is 0 Å². The van der Waals surface area contributed by atoms with Gasteiger partial charge in [-0.2, -0.15) is 0 Å². The Kier molecular flexibility index (Phi) is 2.48. The van der Waals surface area contributed by atoms with Crippen molar-refractivity contribution in [2.75, 3.05) is 11.9 Å². The molecule has 1 heterocycles. The van der Waals surface area contributed by atoms with Crippen molar-refractivity contribution in [1.29, 1.82) is 0 Å². The Balaban J connectivity index is 1.99. The van der Waals surface area contributed by atoms with Gasteiger partial charge in [0.15, 0.2) is 5.13 Å². The van der Waals surface area contributed by atoms with Crippen LogP contribution in [-0.2, 0) is 0 Å². The summed E-state index contributed by atoms with van der Waals surface area (Å²) < 4.78 is 0. The van der Waals surface area contributed by atoms with Gasteiger partial charge in [-0.25, -0.2) is 4.98 Å². The third-order valence-corrected chi connectivity index (χ3v) is 2.80. The van der Waals surface area contributed by atoms with Crippen molar-refractivity contribution >= 4 is 16.5 Å². The van der Waals surface area contributed by atoms with E-state index in [1.54, 1.807) is 11.3 Å². The van der Waals surface area contributed by atoms with Crippen molar-refractivity contribution in [2.45, 2.75) is 24.9 Å². The summed E-state index contributed by atoms with van der Waals surface area (Å²) in [6, 6.07) is 0.273. The molecule has 0 amide bonds. The molecule has 2 rings (SSSR count). The monoisotopic (exact) mass is 199 g/mol. The highest BCUT2D eigenvalue weighted by molar-refractivity contribution is 7.13. The standard InChI is InChI=1S/C8H13N3OS/c9-6(3-12)7-4-13-8(11-7)10-5-1-2-5/h4-6,12H,1-3,9H2,(H,10,11). The SMILES string of the molecule is NC(CO)c1csc(NC2CC2)n1. The van der Waals surface area contributed by atoms with E-state index in [1.807, 2.05) is 5.38 Å². The third-order valence-electron chi connectivity index (χ3n) is 2.00. The second-order valence-electron chi connectivity index (χ2n) is 3.29. The van der Waals surface area contributed by atoms with Crippen molar-refractivity contribution in [3.8, 4) is 0 Å². The number of aliphatic hydroxyl groups is 1.